The minimum Gasteiger partial charge on any atom is -0.493 e. The number of rotatable bonds is 4. The van der Waals surface area contributed by atoms with Crippen LogP contribution in [0.5, 0.6) is 5.75 Å². The molecule has 86 valence electrons. The fourth-order valence-corrected chi connectivity index (χ4v) is 1.48. The highest BCUT2D eigenvalue weighted by Crippen LogP contribution is 2.30. The number of carbonyl (C=O) groups excluding carboxylic acids is 1. The van der Waals surface area contributed by atoms with E-state index in [0.29, 0.717) is 22.9 Å². The summed E-state index contributed by atoms with van der Waals surface area (Å²) in [5.41, 5.74) is 6.80. The summed E-state index contributed by atoms with van der Waals surface area (Å²) in [6.45, 7) is 0.719. The molecule has 2 rings (SSSR count). The molecule has 0 aromatic heterocycles. The van der Waals surface area contributed by atoms with Crippen molar-refractivity contribution < 1.29 is 9.53 Å². The van der Waals surface area contributed by atoms with Crippen molar-refractivity contribution in [3.63, 3.8) is 0 Å². The van der Waals surface area contributed by atoms with Gasteiger partial charge in [-0.1, -0.05) is 0 Å². The summed E-state index contributed by atoms with van der Waals surface area (Å²) in [7, 11) is 1.59. The van der Waals surface area contributed by atoms with Gasteiger partial charge in [0, 0.05) is 24.4 Å². The summed E-state index contributed by atoms with van der Waals surface area (Å²) < 4.78 is 5.59. The number of nitrogens with one attached hydrogen (secondary N) is 1. The lowest BCUT2D eigenvalue weighted by Gasteiger charge is -2.08. The normalized spacial score (nSPS) is 14.6. The third kappa shape index (κ3) is 2.66. The number of carbonyl (C=O) groups is 1. The number of nitrogens with two attached hydrogens (primary N) is 1. The van der Waals surface area contributed by atoms with Crippen molar-refractivity contribution >= 4 is 11.6 Å². The third-order valence-corrected chi connectivity index (χ3v) is 2.60. The molecule has 0 spiro atoms. The first-order chi connectivity index (χ1) is 7.69. The summed E-state index contributed by atoms with van der Waals surface area (Å²) in [6, 6.07) is 5.11. The number of amides is 1. The second-order valence-corrected chi connectivity index (χ2v) is 4.12. The highest BCUT2D eigenvalue weighted by atomic mass is 16.5. The molecule has 1 fully saturated rings. The lowest BCUT2D eigenvalue weighted by Crippen LogP contribution is -2.18. The molecule has 0 radical (unpaired) electrons. The maximum Gasteiger partial charge on any atom is 0.251 e. The van der Waals surface area contributed by atoms with Crippen LogP contribution in [0.25, 0.3) is 0 Å². The molecule has 1 aromatic carbocycles. The number of benzene rings is 1. The first kappa shape index (κ1) is 10.8. The molecule has 0 saturated heterocycles. The van der Waals surface area contributed by atoms with Crippen LogP contribution in [0.15, 0.2) is 18.2 Å². The van der Waals surface area contributed by atoms with Crippen molar-refractivity contribution in [2.75, 3.05) is 19.4 Å². The van der Waals surface area contributed by atoms with Gasteiger partial charge in [-0.3, -0.25) is 4.79 Å². The SMILES string of the molecule is CNC(=O)c1cc(N)cc(OCC2CC2)c1. The highest BCUT2D eigenvalue weighted by molar-refractivity contribution is 5.95. The molecule has 3 N–H and O–H groups in total. The second-order valence-electron chi connectivity index (χ2n) is 4.12. The quantitative estimate of drug-likeness (QED) is 0.754. The molecule has 1 saturated carbocycles. The number of anilines is 1. The van der Waals surface area contributed by atoms with E-state index in [2.05, 4.69) is 5.32 Å². The van der Waals surface area contributed by atoms with Gasteiger partial charge in [0.1, 0.15) is 5.75 Å². The Morgan fingerprint density at radius 2 is 2.25 bits per heavy atom. The first-order valence-corrected chi connectivity index (χ1v) is 5.44. The van der Waals surface area contributed by atoms with E-state index >= 15 is 0 Å². The van der Waals surface area contributed by atoms with Gasteiger partial charge < -0.3 is 15.8 Å². The molecular weight excluding hydrogens is 204 g/mol. The Hall–Kier alpha value is -1.71. The van der Waals surface area contributed by atoms with Gasteiger partial charge in [0.25, 0.3) is 5.91 Å². The minimum atomic E-state index is -0.149. The van der Waals surface area contributed by atoms with Crippen LogP contribution in [0.2, 0.25) is 0 Å². The lowest BCUT2D eigenvalue weighted by atomic mass is 10.2. The Morgan fingerprint density at radius 3 is 2.88 bits per heavy atom. The number of ether oxygens (including phenoxy) is 1. The zero-order valence-electron chi connectivity index (χ0n) is 9.32. The van der Waals surface area contributed by atoms with Crippen LogP contribution in [0.1, 0.15) is 23.2 Å². The monoisotopic (exact) mass is 220 g/mol. The average Bonchev–Trinajstić information content (AvgIpc) is 3.08. The van der Waals surface area contributed by atoms with E-state index in [0.717, 1.165) is 6.61 Å². The Morgan fingerprint density at radius 1 is 1.50 bits per heavy atom. The zero-order valence-corrected chi connectivity index (χ0v) is 9.32. The van der Waals surface area contributed by atoms with Crippen LogP contribution in [0, 0.1) is 5.92 Å². The van der Waals surface area contributed by atoms with Gasteiger partial charge in [-0.2, -0.15) is 0 Å². The standard InChI is InChI=1S/C12H16N2O2/c1-14-12(15)9-4-10(13)6-11(5-9)16-7-8-2-3-8/h4-6,8H,2-3,7,13H2,1H3,(H,14,15). The largest absolute Gasteiger partial charge is 0.493 e. The topological polar surface area (TPSA) is 64.4 Å². The van der Waals surface area contributed by atoms with Crippen molar-refractivity contribution in [2.24, 2.45) is 5.92 Å². The van der Waals surface area contributed by atoms with E-state index in [1.807, 2.05) is 0 Å². The summed E-state index contributed by atoms with van der Waals surface area (Å²) >= 11 is 0. The lowest BCUT2D eigenvalue weighted by molar-refractivity contribution is 0.0962. The molecule has 0 heterocycles. The Balaban J connectivity index is 2.10. The molecule has 4 nitrogen and oxygen atoms in total. The van der Waals surface area contributed by atoms with Gasteiger partial charge in [0.05, 0.1) is 6.61 Å². The summed E-state index contributed by atoms with van der Waals surface area (Å²) in [6.07, 6.45) is 2.48. The van der Waals surface area contributed by atoms with E-state index in [4.69, 9.17) is 10.5 Å². The molecule has 1 aliphatic rings. The second kappa shape index (κ2) is 4.43. The molecule has 0 unspecified atom stereocenters. The maximum absolute atomic E-state index is 11.4. The van der Waals surface area contributed by atoms with Gasteiger partial charge in [-0.15, -0.1) is 0 Å². The molecule has 0 bridgehead atoms. The molecule has 4 heteroatoms. The predicted molar refractivity (Wildman–Crippen MR) is 62.5 cm³/mol. The minimum absolute atomic E-state index is 0.149. The van der Waals surface area contributed by atoms with Crippen LogP contribution in [-0.2, 0) is 0 Å². The first-order valence-electron chi connectivity index (χ1n) is 5.44. The van der Waals surface area contributed by atoms with Gasteiger partial charge in [-0.05, 0) is 30.9 Å². The average molecular weight is 220 g/mol. The van der Waals surface area contributed by atoms with Crippen LogP contribution in [-0.4, -0.2) is 19.6 Å². The molecular formula is C12H16N2O2. The summed E-state index contributed by atoms with van der Waals surface area (Å²) in [4.78, 5) is 11.4. The number of nitrogen functional groups attached to an aromatic ring is 1. The zero-order chi connectivity index (χ0) is 11.5. The smallest absolute Gasteiger partial charge is 0.251 e. The maximum atomic E-state index is 11.4. The fourth-order valence-electron chi connectivity index (χ4n) is 1.48. The van der Waals surface area contributed by atoms with E-state index in [1.54, 1.807) is 25.2 Å². The highest BCUT2D eigenvalue weighted by Gasteiger charge is 2.22. The molecule has 0 atom stereocenters. The molecule has 16 heavy (non-hydrogen) atoms. The molecule has 1 amide bonds. The number of hydrogen-bond donors (Lipinski definition) is 2. The van der Waals surface area contributed by atoms with E-state index in [1.165, 1.54) is 12.8 Å². The fraction of sp³-hybridized carbons (Fsp3) is 0.417. The summed E-state index contributed by atoms with van der Waals surface area (Å²) in [5.74, 6) is 1.21. The Labute approximate surface area is 94.8 Å². The molecule has 1 aliphatic carbocycles. The Kier molecular flexibility index (Phi) is 2.99. The van der Waals surface area contributed by atoms with Crippen LogP contribution >= 0.6 is 0 Å². The van der Waals surface area contributed by atoms with Crippen molar-refractivity contribution in [3.05, 3.63) is 23.8 Å². The van der Waals surface area contributed by atoms with Crippen molar-refractivity contribution in [2.45, 2.75) is 12.8 Å². The van der Waals surface area contributed by atoms with E-state index < -0.39 is 0 Å². The van der Waals surface area contributed by atoms with E-state index in [9.17, 15) is 4.79 Å². The van der Waals surface area contributed by atoms with Crippen molar-refractivity contribution in [3.8, 4) is 5.75 Å². The van der Waals surface area contributed by atoms with Crippen LogP contribution in [0.4, 0.5) is 5.69 Å². The molecule has 0 aliphatic heterocycles. The van der Waals surface area contributed by atoms with Crippen LogP contribution in [0.3, 0.4) is 0 Å². The van der Waals surface area contributed by atoms with Crippen molar-refractivity contribution in [1.82, 2.24) is 5.32 Å². The van der Waals surface area contributed by atoms with Gasteiger partial charge in [0.2, 0.25) is 0 Å². The number of hydrogen-bond acceptors (Lipinski definition) is 3. The van der Waals surface area contributed by atoms with E-state index in [-0.39, 0.29) is 5.91 Å². The van der Waals surface area contributed by atoms with Crippen molar-refractivity contribution in [1.29, 1.82) is 0 Å². The van der Waals surface area contributed by atoms with Crippen LogP contribution < -0.4 is 15.8 Å². The molecule has 1 aromatic rings. The van der Waals surface area contributed by atoms with Gasteiger partial charge >= 0.3 is 0 Å². The van der Waals surface area contributed by atoms with Gasteiger partial charge in [0.15, 0.2) is 0 Å². The predicted octanol–water partition coefficient (Wildman–Crippen LogP) is 1.42. The van der Waals surface area contributed by atoms with Gasteiger partial charge in [-0.25, -0.2) is 0 Å². The summed E-state index contributed by atoms with van der Waals surface area (Å²) in [5, 5.41) is 2.56. The third-order valence-electron chi connectivity index (χ3n) is 2.60. The Bertz CT molecular complexity index is 400.